The van der Waals surface area contributed by atoms with Crippen molar-refractivity contribution in [3.8, 4) is 0 Å². The highest BCUT2D eigenvalue weighted by Crippen LogP contribution is 2.18. The van der Waals surface area contributed by atoms with E-state index in [1.54, 1.807) is 20.8 Å². The number of hydrogen-bond donors (Lipinski definition) is 3. The third-order valence-corrected chi connectivity index (χ3v) is 4.65. The van der Waals surface area contributed by atoms with E-state index in [-0.39, 0.29) is 18.0 Å². The summed E-state index contributed by atoms with van der Waals surface area (Å²) in [6, 6.07) is 0. The Kier molecular flexibility index (Phi) is 3.93. The summed E-state index contributed by atoms with van der Waals surface area (Å²) in [5.41, 5.74) is 7.66. The fraction of sp³-hybridized carbons (Fsp3) is 0.455. The first-order valence-corrected chi connectivity index (χ1v) is 7.50. The normalized spacial score (nSPS) is 12.0. The predicted octanol–water partition coefficient (Wildman–Crippen LogP) is 0.260. The third-order valence-electron chi connectivity index (χ3n) is 3.04. The number of hydrogen-bond acceptors (Lipinski definition) is 6. The van der Waals surface area contributed by atoms with E-state index < -0.39 is 10.0 Å². The van der Waals surface area contributed by atoms with Gasteiger partial charge in [-0.05, 0) is 20.8 Å². The lowest BCUT2D eigenvalue weighted by atomic mass is 10.2. The zero-order chi connectivity index (χ0) is 14.9. The van der Waals surface area contributed by atoms with Gasteiger partial charge in [0.25, 0.3) is 0 Å². The summed E-state index contributed by atoms with van der Waals surface area (Å²) in [4.78, 5) is 0.103. The highest BCUT2D eigenvalue weighted by atomic mass is 32.2. The molecule has 0 spiro atoms. The van der Waals surface area contributed by atoms with Crippen LogP contribution in [0.15, 0.2) is 9.42 Å². The second-order valence-electron chi connectivity index (χ2n) is 4.46. The Morgan fingerprint density at radius 1 is 1.35 bits per heavy atom. The summed E-state index contributed by atoms with van der Waals surface area (Å²) in [5.74, 6) is 0.591. The van der Waals surface area contributed by atoms with Gasteiger partial charge < -0.3 is 10.3 Å². The van der Waals surface area contributed by atoms with Crippen LogP contribution in [0.4, 0.5) is 0 Å². The van der Waals surface area contributed by atoms with Crippen molar-refractivity contribution in [1.29, 1.82) is 0 Å². The molecule has 0 aromatic carbocycles. The number of sulfonamides is 1. The number of aryl methyl sites for hydroxylation is 3. The van der Waals surface area contributed by atoms with Crippen LogP contribution >= 0.6 is 0 Å². The van der Waals surface area contributed by atoms with Crippen molar-refractivity contribution in [3.05, 3.63) is 28.4 Å². The number of nitrogens with one attached hydrogen (secondary N) is 2. The summed E-state index contributed by atoms with van der Waals surface area (Å²) in [6.45, 7) is 5.28. The Bertz CT molecular complexity index is 697. The number of aromatic amines is 1. The Morgan fingerprint density at radius 3 is 2.60 bits per heavy atom. The molecule has 2 aromatic rings. The predicted molar refractivity (Wildman–Crippen MR) is 71.2 cm³/mol. The van der Waals surface area contributed by atoms with Gasteiger partial charge >= 0.3 is 0 Å². The number of rotatable bonds is 5. The van der Waals surface area contributed by atoms with Crippen molar-refractivity contribution in [2.24, 2.45) is 5.73 Å². The molecule has 0 fully saturated rings. The van der Waals surface area contributed by atoms with Gasteiger partial charge in [-0.15, -0.1) is 0 Å². The van der Waals surface area contributed by atoms with Crippen molar-refractivity contribution in [2.75, 3.05) is 0 Å². The van der Waals surface area contributed by atoms with Crippen molar-refractivity contribution >= 4 is 10.0 Å². The van der Waals surface area contributed by atoms with Gasteiger partial charge in [0.15, 0.2) is 0 Å². The lowest BCUT2D eigenvalue weighted by Gasteiger charge is -2.07. The molecule has 2 heterocycles. The van der Waals surface area contributed by atoms with Crippen LogP contribution in [0.2, 0.25) is 0 Å². The van der Waals surface area contributed by atoms with Gasteiger partial charge in [0, 0.05) is 18.7 Å². The van der Waals surface area contributed by atoms with Gasteiger partial charge in [0.05, 0.1) is 17.1 Å². The van der Waals surface area contributed by atoms with Crippen LogP contribution in [0.25, 0.3) is 0 Å². The first-order chi connectivity index (χ1) is 9.36. The number of nitrogens with two attached hydrogens (primary N) is 1. The molecule has 0 aliphatic rings. The first-order valence-electron chi connectivity index (χ1n) is 6.02. The summed E-state index contributed by atoms with van der Waals surface area (Å²) in [7, 11) is -3.69. The van der Waals surface area contributed by atoms with E-state index in [1.807, 2.05) is 0 Å². The van der Waals surface area contributed by atoms with Crippen LogP contribution in [0.1, 0.15) is 28.4 Å². The summed E-state index contributed by atoms with van der Waals surface area (Å²) >= 11 is 0. The smallest absolute Gasteiger partial charge is 0.244 e. The average Bonchev–Trinajstić information content (AvgIpc) is 2.91. The second kappa shape index (κ2) is 5.35. The quantitative estimate of drug-likeness (QED) is 0.726. The fourth-order valence-corrected chi connectivity index (χ4v) is 3.32. The van der Waals surface area contributed by atoms with E-state index in [1.165, 1.54) is 0 Å². The minimum absolute atomic E-state index is 0.0475. The van der Waals surface area contributed by atoms with Gasteiger partial charge in [-0.1, -0.05) is 5.16 Å². The standard InChI is InChI=1S/C11H17N5O3S/c1-6-9(8(3)19-16-6)5-13-20(17,18)11-7(2)14-15-10(11)4-12/h13H,4-5,12H2,1-3H3,(H,14,15). The molecule has 0 aliphatic heterocycles. The zero-order valence-corrected chi connectivity index (χ0v) is 12.3. The van der Waals surface area contributed by atoms with Crippen LogP contribution < -0.4 is 10.5 Å². The SMILES string of the molecule is Cc1noc(C)c1CNS(=O)(=O)c1c(CN)n[nH]c1C. The molecule has 20 heavy (non-hydrogen) atoms. The monoisotopic (exact) mass is 299 g/mol. The fourth-order valence-electron chi connectivity index (χ4n) is 1.96. The molecule has 4 N–H and O–H groups in total. The molecule has 0 saturated heterocycles. The van der Waals surface area contributed by atoms with Crippen molar-refractivity contribution in [3.63, 3.8) is 0 Å². The second-order valence-corrected chi connectivity index (χ2v) is 6.16. The summed E-state index contributed by atoms with van der Waals surface area (Å²) in [6.07, 6.45) is 0. The molecule has 110 valence electrons. The summed E-state index contributed by atoms with van der Waals surface area (Å²) in [5, 5.41) is 10.3. The van der Waals surface area contributed by atoms with E-state index in [4.69, 9.17) is 10.3 Å². The number of H-pyrrole nitrogens is 1. The zero-order valence-electron chi connectivity index (χ0n) is 11.5. The number of nitrogens with zero attached hydrogens (tertiary/aromatic N) is 2. The molecule has 9 heteroatoms. The molecule has 8 nitrogen and oxygen atoms in total. The Labute approximate surface area is 116 Å². The Balaban J connectivity index is 2.26. The van der Waals surface area contributed by atoms with Crippen molar-refractivity contribution < 1.29 is 12.9 Å². The Hall–Kier alpha value is -1.71. The lowest BCUT2D eigenvalue weighted by molar-refractivity contribution is 0.392. The minimum atomic E-state index is -3.69. The van der Waals surface area contributed by atoms with E-state index >= 15 is 0 Å². The lowest BCUT2D eigenvalue weighted by Crippen LogP contribution is -2.25. The van der Waals surface area contributed by atoms with Crippen LogP contribution in [0.3, 0.4) is 0 Å². The molecule has 0 aliphatic carbocycles. The van der Waals surface area contributed by atoms with Crippen LogP contribution in [-0.2, 0) is 23.1 Å². The third kappa shape index (κ3) is 2.60. The molecular weight excluding hydrogens is 282 g/mol. The topological polar surface area (TPSA) is 127 Å². The maximum Gasteiger partial charge on any atom is 0.244 e. The van der Waals surface area contributed by atoms with E-state index in [0.29, 0.717) is 22.8 Å². The molecule has 0 bridgehead atoms. The molecule has 0 atom stereocenters. The van der Waals surface area contributed by atoms with Crippen LogP contribution in [0.5, 0.6) is 0 Å². The van der Waals surface area contributed by atoms with Gasteiger partial charge in [0.2, 0.25) is 10.0 Å². The molecule has 0 unspecified atom stereocenters. The molecule has 0 radical (unpaired) electrons. The largest absolute Gasteiger partial charge is 0.361 e. The Morgan fingerprint density at radius 2 is 2.05 bits per heavy atom. The van der Waals surface area contributed by atoms with Crippen molar-refractivity contribution in [1.82, 2.24) is 20.1 Å². The van der Waals surface area contributed by atoms with Gasteiger partial charge in [-0.25, -0.2) is 13.1 Å². The van der Waals surface area contributed by atoms with E-state index in [0.717, 1.165) is 5.56 Å². The highest BCUT2D eigenvalue weighted by Gasteiger charge is 2.24. The average molecular weight is 299 g/mol. The van der Waals surface area contributed by atoms with Crippen LogP contribution in [0, 0.1) is 20.8 Å². The van der Waals surface area contributed by atoms with Crippen LogP contribution in [-0.4, -0.2) is 23.8 Å². The molecule has 0 amide bonds. The van der Waals surface area contributed by atoms with Gasteiger partial charge in [-0.2, -0.15) is 5.10 Å². The molecular formula is C11H17N5O3S. The van der Waals surface area contributed by atoms with E-state index in [2.05, 4.69) is 20.1 Å². The minimum Gasteiger partial charge on any atom is -0.361 e. The number of aromatic nitrogens is 3. The van der Waals surface area contributed by atoms with E-state index in [9.17, 15) is 8.42 Å². The van der Waals surface area contributed by atoms with Gasteiger partial charge in [0.1, 0.15) is 10.7 Å². The van der Waals surface area contributed by atoms with Crippen molar-refractivity contribution in [2.45, 2.75) is 38.8 Å². The van der Waals surface area contributed by atoms with Gasteiger partial charge in [-0.3, -0.25) is 5.10 Å². The maximum atomic E-state index is 12.3. The molecule has 2 aromatic heterocycles. The first kappa shape index (κ1) is 14.7. The maximum absolute atomic E-state index is 12.3. The summed E-state index contributed by atoms with van der Waals surface area (Å²) < 4.78 is 32.2. The molecule has 0 saturated carbocycles. The highest BCUT2D eigenvalue weighted by molar-refractivity contribution is 7.89. The molecule has 2 rings (SSSR count).